The van der Waals surface area contributed by atoms with Crippen LogP contribution in [0.25, 0.3) is 0 Å². The molecule has 1 N–H and O–H groups in total. The number of aryl methyl sites for hydroxylation is 1. The lowest BCUT2D eigenvalue weighted by molar-refractivity contribution is -0.113. The molecule has 0 aliphatic carbocycles. The van der Waals surface area contributed by atoms with Crippen LogP contribution < -0.4 is 5.32 Å². The molecule has 10 heteroatoms. The molecule has 170 valence electrons. The molecule has 2 aromatic heterocycles. The van der Waals surface area contributed by atoms with Crippen LogP contribution >= 0.6 is 57.6 Å². The highest BCUT2D eigenvalue weighted by molar-refractivity contribution is 8.01. The van der Waals surface area contributed by atoms with E-state index < -0.39 is 0 Å². The van der Waals surface area contributed by atoms with Gasteiger partial charge in [-0.3, -0.25) is 4.79 Å². The van der Waals surface area contributed by atoms with E-state index in [1.807, 2.05) is 13.0 Å². The maximum Gasteiger partial charge on any atom is 0.236 e. The number of hydrogen-bond acceptors (Lipinski definition) is 6. The number of benzene rings is 2. The third-order valence-electron chi connectivity index (χ3n) is 4.65. The number of nitrogens with one attached hydrogen (secondary N) is 1. The van der Waals surface area contributed by atoms with Gasteiger partial charge in [0.1, 0.15) is 5.82 Å². The smallest absolute Gasteiger partial charge is 0.236 e. The lowest BCUT2D eigenvalue weighted by Crippen LogP contribution is -2.13. The van der Waals surface area contributed by atoms with Crippen LogP contribution in [0.15, 0.2) is 53.0 Å². The third-order valence-corrected chi connectivity index (χ3v) is 8.47. The molecular formula is C23H18Cl2FN3OS3. The molecule has 0 atom stereocenters. The summed E-state index contributed by atoms with van der Waals surface area (Å²) >= 11 is 16.7. The van der Waals surface area contributed by atoms with Crippen LogP contribution in [0.3, 0.4) is 0 Å². The first-order valence-corrected chi connectivity index (χ1v) is 13.2. The van der Waals surface area contributed by atoms with Gasteiger partial charge in [-0.25, -0.2) is 14.4 Å². The molecule has 0 bridgehead atoms. The Kier molecular flexibility index (Phi) is 8.03. The van der Waals surface area contributed by atoms with Gasteiger partial charge in [-0.15, -0.1) is 22.7 Å². The van der Waals surface area contributed by atoms with Gasteiger partial charge in [-0.2, -0.15) is 0 Å². The van der Waals surface area contributed by atoms with E-state index in [0.29, 0.717) is 28.0 Å². The predicted octanol–water partition coefficient (Wildman–Crippen LogP) is 7.27. The predicted molar refractivity (Wildman–Crippen MR) is 137 cm³/mol. The molecule has 0 unspecified atom stereocenters. The Morgan fingerprint density at radius 2 is 1.91 bits per heavy atom. The van der Waals surface area contributed by atoms with Gasteiger partial charge < -0.3 is 5.32 Å². The number of thiazole rings is 2. The maximum absolute atomic E-state index is 13.0. The Morgan fingerprint density at radius 3 is 2.70 bits per heavy atom. The van der Waals surface area contributed by atoms with Crippen molar-refractivity contribution in [2.45, 2.75) is 24.1 Å². The van der Waals surface area contributed by atoms with E-state index in [-0.39, 0.29) is 17.5 Å². The number of hydrogen-bond donors (Lipinski definition) is 1. The fourth-order valence-electron chi connectivity index (χ4n) is 3.01. The Hall–Kier alpha value is -1.97. The van der Waals surface area contributed by atoms with Crippen molar-refractivity contribution in [3.8, 4) is 0 Å². The minimum atomic E-state index is -0.260. The molecule has 1 amide bonds. The summed E-state index contributed by atoms with van der Waals surface area (Å²) in [5.74, 6) is -0.170. The van der Waals surface area contributed by atoms with E-state index in [2.05, 4.69) is 15.3 Å². The van der Waals surface area contributed by atoms with Crippen LogP contribution in [-0.2, 0) is 17.6 Å². The number of aromatic nitrogens is 2. The fourth-order valence-corrected chi connectivity index (χ4v) is 6.31. The van der Waals surface area contributed by atoms with Crippen molar-refractivity contribution in [2.24, 2.45) is 0 Å². The number of carbonyl (C=O) groups is 1. The first kappa shape index (κ1) is 24.2. The van der Waals surface area contributed by atoms with Crippen molar-refractivity contribution in [3.05, 3.63) is 91.1 Å². The minimum absolute atomic E-state index is 0.144. The normalized spacial score (nSPS) is 11.0. The Bertz CT molecular complexity index is 1270. The van der Waals surface area contributed by atoms with Gasteiger partial charge in [0.25, 0.3) is 0 Å². The number of anilines is 1. The van der Waals surface area contributed by atoms with E-state index in [1.165, 1.54) is 35.2 Å². The van der Waals surface area contributed by atoms with Gasteiger partial charge in [0.05, 0.1) is 11.4 Å². The average Bonchev–Trinajstić information content (AvgIpc) is 3.36. The number of nitrogens with zero attached hydrogens (tertiary/aromatic N) is 2. The molecule has 33 heavy (non-hydrogen) atoms. The van der Waals surface area contributed by atoms with Gasteiger partial charge in [-0.1, -0.05) is 47.1 Å². The molecular weight excluding hydrogens is 520 g/mol. The van der Waals surface area contributed by atoms with Crippen molar-refractivity contribution < 1.29 is 9.18 Å². The molecule has 0 spiro atoms. The number of thioether (sulfide) groups is 1. The highest BCUT2D eigenvalue weighted by Gasteiger charge is 2.14. The van der Waals surface area contributed by atoms with Crippen LogP contribution in [0.2, 0.25) is 10.0 Å². The van der Waals surface area contributed by atoms with E-state index in [1.54, 1.807) is 41.8 Å². The molecule has 0 radical (unpaired) electrons. The van der Waals surface area contributed by atoms with Gasteiger partial charge in [0, 0.05) is 38.8 Å². The van der Waals surface area contributed by atoms with Crippen LogP contribution in [-0.4, -0.2) is 21.6 Å². The van der Waals surface area contributed by atoms with Crippen molar-refractivity contribution >= 4 is 68.7 Å². The maximum atomic E-state index is 13.0. The summed E-state index contributed by atoms with van der Waals surface area (Å²) in [6, 6.07) is 11.8. The molecule has 4 aromatic rings. The SMILES string of the molecule is Cc1nc(SCC(=O)Nc2ncc(Cc3ccc(F)cc3)s2)sc1Cc1cc(Cl)ccc1Cl. The summed E-state index contributed by atoms with van der Waals surface area (Å²) in [5, 5.41) is 4.69. The highest BCUT2D eigenvalue weighted by Crippen LogP contribution is 2.31. The number of carbonyl (C=O) groups excluding carboxylic acids is 1. The Balaban J connectivity index is 1.30. The zero-order valence-corrected chi connectivity index (χ0v) is 21.4. The second kappa shape index (κ2) is 11.0. The number of halogens is 3. The van der Waals surface area contributed by atoms with Gasteiger partial charge >= 0.3 is 0 Å². The van der Waals surface area contributed by atoms with E-state index in [4.69, 9.17) is 23.2 Å². The third kappa shape index (κ3) is 6.77. The molecule has 4 rings (SSSR count). The molecule has 0 saturated carbocycles. The molecule has 0 aliphatic heterocycles. The van der Waals surface area contributed by atoms with Crippen molar-refractivity contribution in [1.82, 2.24) is 9.97 Å². The Morgan fingerprint density at radius 1 is 1.12 bits per heavy atom. The van der Waals surface area contributed by atoms with Crippen LogP contribution in [0, 0.1) is 12.7 Å². The second-order valence-electron chi connectivity index (χ2n) is 7.17. The second-order valence-corrected chi connectivity index (χ2v) is 11.4. The van der Waals surface area contributed by atoms with Gasteiger partial charge in [-0.05, 0) is 48.4 Å². The molecule has 2 aromatic carbocycles. The van der Waals surface area contributed by atoms with Crippen LogP contribution in [0.5, 0.6) is 0 Å². The van der Waals surface area contributed by atoms with E-state index >= 15 is 0 Å². The zero-order valence-electron chi connectivity index (χ0n) is 17.4. The summed E-state index contributed by atoms with van der Waals surface area (Å²) in [7, 11) is 0. The zero-order chi connectivity index (χ0) is 23.4. The number of amides is 1. The van der Waals surface area contributed by atoms with E-state index in [9.17, 15) is 9.18 Å². The summed E-state index contributed by atoms with van der Waals surface area (Å²) < 4.78 is 13.9. The topological polar surface area (TPSA) is 54.9 Å². The lowest BCUT2D eigenvalue weighted by atomic mass is 10.1. The van der Waals surface area contributed by atoms with Crippen molar-refractivity contribution in [2.75, 3.05) is 11.1 Å². The van der Waals surface area contributed by atoms with Crippen molar-refractivity contribution in [3.63, 3.8) is 0 Å². The monoisotopic (exact) mass is 537 g/mol. The van der Waals surface area contributed by atoms with Gasteiger partial charge in [0.2, 0.25) is 5.91 Å². The molecule has 0 fully saturated rings. The quantitative estimate of drug-likeness (QED) is 0.240. The average molecular weight is 539 g/mol. The molecule has 4 nitrogen and oxygen atoms in total. The Labute approximate surface area is 213 Å². The summed E-state index contributed by atoms with van der Waals surface area (Å²) in [6.07, 6.45) is 3.01. The molecule has 0 saturated heterocycles. The largest absolute Gasteiger partial charge is 0.301 e. The van der Waals surface area contributed by atoms with Crippen LogP contribution in [0.1, 0.15) is 26.6 Å². The van der Waals surface area contributed by atoms with E-state index in [0.717, 1.165) is 30.9 Å². The lowest BCUT2D eigenvalue weighted by Gasteiger charge is -2.03. The minimum Gasteiger partial charge on any atom is -0.301 e. The highest BCUT2D eigenvalue weighted by atomic mass is 35.5. The number of rotatable bonds is 8. The van der Waals surface area contributed by atoms with Crippen LogP contribution in [0.4, 0.5) is 9.52 Å². The van der Waals surface area contributed by atoms with Gasteiger partial charge in [0.15, 0.2) is 9.47 Å². The molecule has 2 heterocycles. The first-order valence-electron chi connectivity index (χ1n) is 9.88. The summed E-state index contributed by atoms with van der Waals surface area (Å²) in [4.78, 5) is 23.3. The summed E-state index contributed by atoms with van der Waals surface area (Å²) in [6.45, 7) is 1.95. The molecule has 0 aliphatic rings. The fraction of sp³-hybridized carbons (Fsp3) is 0.174. The standard InChI is InChI=1S/C23H18Cl2FN3OS3/c1-13-20(10-15-9-16(24)4-7-19(15)25)33-23(28-13)31-12-21(30)29-22-27-11-18(32-22)8-14-2-5-17(26)6-3-14/h2-7,9,11H,8,10,12H2,1H3,(H,27,29,30). The first-order chi connectivity index (χ1) is 15.9. The summed E-state index contributed by atoms with van der Waals surface area (Å²) in [5.41, 5.74) is 2.86. The van der Waals surface area contributed by atoms with Crippen molar-refractivity contribution in [1.29, 1.82) is 0 Å².